The molecule has 6 heteroatoms. The molecule has 2 aromatic carbocycles. The van der Waals surface area contributed by atoms with Crippen LogP contribution in [0, 0.1) is 0 Å². The number of nitrogen functional groups attached to an aromatic ring is 1. The summed E-state index contributed by atoms with van der Waals surface area (Å²) < 4.78 is 0. The maximum Gasteiger partial charge on any atom is 0.255 e. The first kappa shape index (κ1) is 15.4. The van der Waals surface area contributed by atoms with E-state index >= 15 is 0 Å². The van der Waals surface area contributed by atoms with Crippen molar-refractivity contribution < 1.29 is 9.59 Å². The monoisotopic (exact) mass is 349 g/mol. The molecule has 4 rings (SSSR count). The minimum atomic E-state index is -0.253. The predicted octanol–water partition coefficient (Wildman–Crippen LogP) is 3.74. The van der Waals surface area contributed by atoms with Crippen LogP contribution in [0.5, 0.6) is 0 Å². The summed E-state index contributed by atoms with van der Waals surface area (Å²) in [6.07, 6.45) is 0.298. The number of nitrogens with two attached hydrogens (primary N) is 1. The third kappa shape index (κ3) is 2.99. The molecule has 0 unspecified atom stereocenters. The van der Waals surface area contributed by atoms with Gasteiger partial charge in [-0.15, -0.1) is 11.3 Å². The largest absolute Gasteiger partial charge is 0.397 e. The van der Waals surface area contributed by atoms with Crippen molar-refractivity contribution in [3.8, 4) is 10.4 Å². The van der Waals surface area contributed by atoms with Crippen molar-refractivity contribution in [3.05, 3.63) is 65.0 Å². The fourth-order valence-corrected chi connectivity index (χ4v) is 3.55. The Morgan fingerprint density at radius 2 is 2.04 bits per heavy atom. The van der Waals surface area contributed by atoms with E-state index in [9.17, 15) is 9.59 Å². The molecule has 0 fully saturated rings. The lowest BCUT2D eigenvalue weighted by atomic mass is 10.1. The SMILES string of the molecule is Nc1ccc(-c2cccs2)cc1NC(=O)c1ccc2c(c1)CC(=O)N2. The molecule has 124 valence electrons. The average molecular weight is 349 g/mol. The first-order valence-corrected chi connectivity index (χ1v) is 8.65. The number of thiophene rings is 1. The molecule has 4 N–H and O–H groups in total. The number of rotatable bonds is 3. The van der Waals surface area contributed by atoms with Gasteiger partial charge in [0.2, 0.25) is 5.91 Å². The van der Waals surface area contributed by atoms with Gasteiger partial charge in [0.25, 0.3) is 5.91 Å². The number of nitrogens with one attached hydrogen (secondary N) is 2. The summed E-state index contributed by atoms with van der Waals surface area (Å²) >= 11 is 1.63. The Bertz CT molecular complexity index is 980. The van der Waals surface area contributed by atoms with Crippen molar-refractivity contribution in [1.29, 1.82) is 0 Å². The number of benzene rings is 2. The van der Waals surface area contributed by atoms with E-state index < -0.39 is 0 Å². The van der Waals surface area contributed by atoms with Crippen molar-refractivity contribution in [1.82, 2.24) is 0 Å². The van der Waals surface area contributed by atoms with Crippen LogP contribution in [-0.2, 0) is 11.2 Å². The van der Waals surface area contributed by atoms with Crippen molar-refractivity contribution in [2.75, 3.05) is 16.4 Å². The standard InChI is InChI=1S/C19H15N3O2S/c20-14-5-3-11(17-2-1-7-25-17)9-16(14)22-19(24)12-4-6-15-13(8-12)10-18(23)21-15/h1-9H,10,20H2,(H,21,23)(H,22,24). The normalized spacial score (nSPS) is 12.6. The number of anilines is 3. The zero-order valence-electron chi connectivity index (χ0n) is 13.2. The molecular formula is C19H15N3O2S. The van der Waals surface area contributed by atoms with Gasteiger partial charge in [0.15, 0.2) is 0 Å². The van der Waals surface area contributed by atoms with Gasteiger partial charge in [-0.3, -0.25) is 9.59 Å². The third-order valence-corrected chi connectivity index (χ3v) is 5.02. The lowest BCUT2D eigenvalue weighted by Gasteiger charge is -2.11. The van der Waals surface area contributed by atoms with Crippen LogP contribution in [-0.4, -0.2) is 11.8 Å². The fraction of sp³-hybridized carbons (Fsp3) is 0.0526. The molecule has 3 aromatic rings. The first-order chi connectivity index (χ1) is 12.1. The highest BCUT2D eigenvalue weighted by atomic mass is 32.1. The van der Waals surface area contributed by atoms with Crippen LogP contribution in [0.2, 0.25) is 0 Å². The smallest absolute Gasteiger partial charge is 0.255 e. The second kappa shape index (κ2) is 6.07. The number of amides is 2. The topological polar surface area (TPSA) is 84.2 Å². The molecule has 0 aliphatic carbocycles. The predicted molar refractivity (Wildman–Crippen MR) is 101 cm³/mol. The van der Waals surface area contributed by atoms with Crippen molar-refractivity contribution in [2.24, 2.45) is 0 Å². The molecular weight excluding hydrogens is 334 g/mol. The van der Waals surface area contributed by atoms with Crippen molar-refractivity contribution in [2.45, 2.75) is 6.42 Å². The lowest BCUT2D eigenvalue weighted by molar-refractivity contribution is -0.115. The summed E-state index contributed by atoms with van der Waals surface area (Å²) in [6.45, 7) is 0. The Hall–Kier alpha value is -3.12. The number of carbonyl (C=O) groups is 2. The summed E-state index contributed by atoms with van der Waals surface area (Å²) in [4.78, 5) is 25.1. The van der Waals surface area contributed by atoms with E-state index in [1.165, 1.54) is 0 Å². The van der Waals surface area contributed by atoms with Gasteiger partial charge >= 0.3 is 0 Å². The van der Waals surface area contributed by atoms with Gasteiger partial charge in [-0.2, -0.15) is 0 Å². The van der Waals surface area contributed by atoms with Crippen LogP contribution >= 0.6 is 11.3 Å². The molecule has 25 heavy (non-hydrogen) atoms. The minimum Gasteiger partial charge on any atom is -0.397 e. The molecule has 0 bridgehead atoms. The van der Waals surface area contributed by atoms with E-state index in [4.69, 9.17) is 5.73 Å². The molecule has 0 radical (unpaired) electrons. The number of carbonyl (C=O) groups excluding carboxylic acids is 2. The molecule has 1 aliphatic rings. The lowest BCUT2D eigenvalue weighted by Crippen LogP contribution is -2.13. The maximum atomic E-state index is 12.6. The number of hydrogen-bond acceptors (Lipinski definition) is 4. The molecule has 0 atom stereocenters. The Morgan fingerprint density at radius 3 is 2.84 bits per heavy atom. The van der Waals surface area contributed by atoms with Crippen molar-refractivity contribution in [3.63, 3.8) is 0 Å². The molecule has 0 saturated carbocycles. The zero-order chi connectivity index (χ0) is 17.4. The van der Waals surface area contributed by atoms with E-state index in [-0.39, 0.29) is 11.8 Å². The Kier molecular flexibility index (Phi) is 3.74. The van der Waals surface area contributed by atoms with Crippen molar-refractivity contribution >= 4 is 40.2 Å². The zero-order valence-corrected chi connectivity index (χ0v) is 14.0. The maximum absolute atomic E-state index is 12.6. The Balaban J connectivity index is 1.60. The van der Waals surface area contributed by atoms with Gasteiger partial charge in [0.1, 0.15) is 0 Å². The summed E-state index contributed by atoms with van der Waals surface area (Å²) in [5.41, 5.74) is 10.2. The van der Waals surface area contributed by atoms with E-state index in [1.54, 1.807) is 35.6 Å². The average Bonchev–Trinajstić information content (AvgIpc) is 3.24. The Morgan fingerprint density at radius 1 is 1.16 bits per heavy atom. The van der Waals surface area contributed by atoms with E-state index in [0.717, 1.165) is 21.7 Å². The highest BCUT2D eigenvalue weighted by molar-refractivity contribution is 7.13. The third-order valence-electron chi connectivity index (χ3n) is 4.10. The highest BCUT2D eigenvalue weighted by Crippen LogP contribution is 2.31. The van der Waals surface area contributed by atoms with E-state index in [0.29, 0.717) is 23.4 Å². The van der Waals surface area contributed by atoms with Gasteiger partial charge in [-0.05, 0) is 52.9 Å². The molecule has 0 spiro atoms. The van der Waals surface area contributed by atoms with Crippen LogP contribution in [0.4, 0.5) is 17.1 Å². The van der Waals surface area contributed by atoms with E-state index in [2.05, 4.69) is 10.6 Å². The molecule has 5 nitrogen and oxygen atoms in total. The summed E-state index contributed by atoms with van der Waals surface area (Å²) in [7, 11) is 0. The minimum absolute atomic E-state index is 0.0551. The summed E-state index contributed by atoms with van der Waals surface area (Å²) in [6, 6.07) is 14.8. The fourth-order valence-electron chi connectivity index (χ4n) is 2.83. The highest BCUT2D eigenvalue weighted by Gasteiger charge is 2.19. The molecule has 2 heterocycles. The molecule has 1 aromatic heterocycles. The second-order valence-electron chi connectivity index (χ2n) is 5.83. The van der Waals surface area contributed by atoms with Gasteiger partial charge in [-0.1, -0.05) is 12.1 Å². The van der Waals surface area contributed by atoms with Gasteiger partial charge in [0, 0.05) is 16.1 Å². The van der Waals surface area contributed by atoms with Crippen LogP contribution in [0.3, 0.4) is 0 Å². The molecule has 2 amide bonds. The summed E-state index contributed by atoms with van der Waals surface area (Å²) in [5, 5.41) is 7.63. The van der Waals surface area contributed by atoms with Crippen LogP contribution < -0.4 is 16.4 Å². The van der Waals surface area contributed by atoms with Crippen LogP contribution in [0.1, 0.15) is 15.9 Å². The Labute approximate surface area is 148 Å². The van der Waals surface area contributed by atoms with Gasteiger partial charge < -0.3 is 16.4 Å². The van der Waals surface area contributed by atoms with Crippen LogP contribution in [0.25, 0.3) is 10.4 Å². The molecule has 0 saturated heterocycles. The van der Waals surface area contributed by atoms with E-state index in [1.807, 2.05) is 29.6 Å². The molecule has 1 aliphatic heterocycles. The first-order valence-electron chi connectivity index (χ1n) is 7.78. The number of fused-ring (bicyclic) bond motifs is 1. The number of hydrogen-bond donors (Lipinski definition) is 3. The second-order valence-corrected chi connectivity index (χ2v) is 6.78. The van der Waals surface area contributed by atoms with Crippen LogP contribution in [0.15, 0.2) is 53.9 Å². The van der Waals surface area contributed by atoms with Gasteiger partial charge in [0.05, 0.1) is 17.8 Å². The van der Waals surface area contributed by atoms with Gasteiger partial charge in [-0.25, -0.2) is 0 Å². The quantitative estimate of drug-likeness (QED) is 0.630. The summed E-state index contributed by atoms with van der Waals surface area (Å²) in [5.74, 6) is -0.308.